The summed E-state index contributed by atoms with van der Waals surface area (Å²) in [5.74, 6) is -1.44. The van der Waals surface area contributed by atoms with Gasteiger partial charge in [-0.2, -0.15) is 0 Å². The van der Waals surface area contributed by atoms with Crippen LogP contribution >= 0.6 is 0 Å². The van der Waals surface area contributed by atoms with Crippen LogP contribution in [0.4, 0.5) is 0 Å². The van der Waals surface area contributed by atoms with Gasteiger partial charge in [0, 0.05) is 12.0 Å². The molecule has 1 amide bonds. The van der Waals surface area contributed by atoms with E-state index in [1.54, 1.807) is 13.8 Å². The Bertz CT molecular complexity index is 609. The Hall–Kier alpha value is -2.17. The van der Waals surface area contributed by atoms with Gasteiger partial charge in [-0.15, -0.1) is 0 Å². The van der Waals surface area contributed by atoms with Crippen molar-refractivity contribution in [3.63, 3.8) is 0 Å². The molecule has 0 aromatic heterocycles. The topological polar surface area (TPSA) is 63.7 Å². The van der Waals surface area contributed by atoms with Crippen molar-refractivity contribution in [2.24, 2.45) is 5.41 Å². The second-order valence-corrected chi connectivity index (χ2v) is 6.82. The zero-order valence-electron chi connectivity index (χ0n) is 14.6. The number of nitrogens with zero attached hydrogens (tertiary/aromatic N) is 1. The van der Waals surface area contributed by atoms with Gasteiger partial charge in [0.25, 0.3) is 5.91 Å². The van der Waals surface area contributed by atoms with E-state index in [0.717, 1.165) is 5.56 Å². The molecule has 1 aliphatic rings. The molecule has 1 fully saturated rings. The molecule has 5 heteroatoms. The van der Waals surface area contributed by atoms with Crippen LogP contribution in [0.1, 0.15) is 45.6 Å². The number of carbonyl (C=O) groups is 3. The number of esters is 1. The molecule has 5 nitrogen and oxygen atoms in total. The van der Waals surface area contributed by atoms with Gasteiger partial charge in [0.05, 0.1) is 0 Å². The number of likely N-dealkylation sites (tertiary alicyclic amines) is 1. The van der Waals surface area contributed by atoms with E-state index in [0.29, 0.717) is 25.8 Å². The average molecular weight is 331 g/mol. The fourth-order valence-corrected chi connectivity index (χ4v) is 2.66. The Morgan fingerprint density at radius 2 is 1.88 bits per heavy atom. The average Bonchev–Trinajstić information content (AvgIpc) is 3.09. The second kappa shape index (κ2) is 7.60. The SMILES string of the molecule is CCC(C)(C)C(=O)C(=O)N1CCCC1C(=O)OCc1ccccc1. The lowest BCUT2D eigenvalue weighted by molar-refractivity contribution is -0.158. The van der Waals surface area contributed by atoms with E-state index in [9.17, 15) is 14.4 Å². The van der Waals surface area contributed by atoms with E-state index in [-0.39, 0.29) is 6.61 Å². The van der Waals surface area contributed by atoms with Crippen molar-refractivity contribution in [3.05, 3.63) is 35.9 Å². The molecule has 1 saturated heterocycles. The minimum Gasteiger partial charge on any atom is -0.459 e. The number of hydrogen-bond acceptors (Lipinski definition) is 4. The summed E-state index contributed by atoms with van der Waals surface area (Å²) in [5, 5.41) is 0. The van der Waals surface area contributed by atoms with Crippen LogP contribution in [0.5, 0.6) is 0 Å². The molecule has 0 radical (unpaired) electrons. The third-order valence-electron chi connectivity index (χ3n) is 4.70. The van der Waals surface area contributed by atoms with E-state index in [1.807, 2.05) is 37.3 Å². The van der Waals surface area contributed by atoms with Crippen LogP contribution in [0.25, 0.3) is 0 Å². The van der Waals surface area contributed by atoms with Crippen molar-refractivity contribution in [2.45, 2.75) is 52.7 Å². The first kappa shape index (κ1) is 18.2. The summed E-state index contributed by atoms with van der Waals surface area (Å²) < 4.78 is 5.34. The van der Waals surface area contributed by atoms with Crippen LogP contribution in [0.3, 0.4) is 0 Å². The highest BCUT2D eigenvalue weighted by atomic mass is 16.5. The molecule has 0 spiro atoms. The number of amides is 1. The number of hydrogen-bond donors (Lipinski definition) is 0. The first-order valence-corrected chi connectivity index (χ1v) is 8.43. The number of ether oxygens (including phenoxy) is 1. The minimum atomic E-state index is -0.710. The van der Waals surface area contributed by atoms with Crippen LogP contribution in [0, 0.1) is 5.41 Å². The molecule has 1 aliphatic heterocycles. The molecule has 130 valence electrons. The zero-order chi connectivity index (χ0) is 17.7. The van der Waals surface area contributed by atoms with Crippen LogP contribution in [0.2, 0.25) is 0 Å². The number of rotatable bonds is 6. The maximum absolute atomic E-state index is 12.5. The van der Waals surface area contributed by atoms with Gasteiger partial charge in [-0.25, -0.2) is 4.79 Å². The lowest BCUT2D eigenvalue weighted by Crippen LogP contribution is -2.47. The van der Waals surface area contributed by atoms with Crippen molar-refractivity contribution >= 4 is 17.7 Å². The predicted octanol–water partition coefficient (Wildman–Crippen LogP) is 2.73. The molecule has 0 saturated carbocycles. The molecule has 0 bridgehead atoms. The number of carbonyl (C=O) groups excluding carboxylic acids is 3. The van der Waals surface area contributed by atoms with E-state index >= 15 is 0 Å². The van der Waals surface area contributed by atoms with Crippen molar-refractivity contribution in [1.29, 1.82) is 0 Å². The largest absolute Gasteiger partial charge is 0.459 e. The Kier molecular flexibility index (Phi) is 5.75. The van der Waals surface area contributed by atoms with E-state index in [2.05, 4.69) is 0 Å². The number of ketones is 1. The Morgan fingerprint density at radius 3 is 2.50 bits per heavy atom. The lowest BCUT2D eigenvalue weighted by atomic mass is 9.84. The second-order valence-electron chi connectivity index (χ2n) is 6.82. The molecule has 1 atom stereocenters. The Morgan fingerprint density at radius 1 is 1.21 bits per heavy atom. The van der Waals surface area contributed by atoms with Gasteiger partial charge in [0.15, 0.2) is 0 Å². The van der Waals surface area contributed by atoms with Gasteiger partial charge in [-0.05, 0) is 24.8 Å². The van der Waals surface area contributed by atoms with Crippen LogP contribution < -0.4 is 0 Å². The molecule has 2 rings (SSSR count). The standard InChI is InChI=1S/C19H25NO4/c1-4-19(2,3)16(21)17(22)20-12-8-11-15(20)18(23)24-13-14-9-6-5-7-10-14/h5-7,9-10,15H,4,8,11-13H2,1-3H3. The highest BCUT2D eigenvalue weighted by Crippen LogP contribution is 2.26. The van der Waals surface area contributed by atoms with Crippen molar-refractivity contribution in [1.82, 2.24) is 4.90 Å². The Balaban J connectivity index is 2.00. The van der Waals surface area contributed by atoms with E-state index in [1.165, 1.54) is 4.90 Å². The van der Waals surface area contributed by atoms with Crippen LogP contribution in [-0.2, 0) is 25.7 Å². The molecule has 1 heterocycles. The maximum Gasteiger partial charge on any atom is 0.329 e. The summed E-state index contributed by atoms with van der Waals surface area (Å²) >= 11 is 0. The first-order chi connectivity index (χ1) is 11.4. The zero-order valence-corrected chi connectivity index (χ0v) is 14.6. The summed E-state index contributed by atoms with van der Waals surface area (Å²) in [4.78, 5) is 38.6. The van der Waals surface area contributed by atoms with Gasteiger partial charge >= 0.3 is 5.97 Å². The van der Waals surface area contributed by atoms with Crippen molar-refractivity contribution in [3.8, 4) is 0 Å². The summed E-state index contributed by atoms with van der Waals surface area (Å²) in [6.07, 6.45) is 1.82. The normalized spacial score (nSPS) is 17.6. The number of benzene rings is 1. The maximum atomic E-state index is 12.5. The van der Waals surface area contributed by atoms with E-state index < -0.39 is 29.1 Å². The van der Waals surface area contributed by atoms with Gasteiger partial charge < -0.3 is 9.64 Å². The van der Waals surface area contributed by atoms with Gasteiger partial charge in [-0.3, -0.25) is 9.59 Å². The van der Waals surface area contributed by atoms with Crippen LogP contribution in [-0.4, -0.2) is 35.1 Å². The summed E-state index contributed by atoms with van der Waals surface area (Å²) in [6, 6.07) is 8.73. The van der Waals surface area contributed by atoms with Gasteiger partial charge in [0.1, 0.15) is 12.6 Å². The lowest BCUT2D eigenvalue weighted by Gasteiger charge is -2.27. The third-order valence-corrected chi connectivity index (χ3v) is 4.70. The summed E-state index contributed by atoms with van der Waals surface area (Å²) in [7, 11) is 0. The van der Waals surface area contributed by atoms with Crippen LogP contribution in [0.15, 0.2) is 30.3 Å². The van der Waals surface area contributed by atoms with Gasteiger partial charge in [0.2, 0.25) is 5.78 Å². The molecule has 1 unspecified atom stereocenters. The molecule has 1 aromatic carbocycles. The highest BCUT2D eigenvalue weighted by molar-refractivity contribution is 6.38. The molecule has 0 aliphatic carbocycles. The van der Waals surface area contributed by atoms with E-state index in [4.69, 9.17) is 4.74 Å². The molecule has 0 N–H and O–H groups in total. The predicted molar refractivity (Wildman–Crippen MR) is 90.1 cm³/mol. The quantitative estimate of drug-likeness (QED) is 0.594. The fourth-order valence-electron chi connectivity index (χ4n) is 2.66. The van der Waals surface area contributed by atoms with Crippen molar-refractivity contribution < 1.29 is 19.1 Å². The smallest absolute Gasteiger partial charge is 0.329 e. The fraction of sp³-hybridized carbons (Fsp3) is 0.526. The molecular weight excluding hydrogens is 306 g/mol. The summed E-state index contributed by atoms with van der Waals surface area (Å²) in [5.41, 5.74) is 0.183. The third kappa shape index (κ3) is 4.02. The number of Topliss-reactive ketones (excluding diaryl/α,β-unsaturated/α-hetero) is 1. The Labute approximate surface area is 143 Å². The monoisotopic (exact) mass is 331 g/mol. The highest BCUT2D eigenvalue weighted by Gasteiger charge is 2.41. The molecule has 1 aromatic rings. The summed E-state index contributed by atoms with van der Waals surface area (Å²) in [6.45, 7) is 5.99. The van der Waals surface area contributed by atoms with Crippen molar-refractivity contribution in [2.75, 3.05) is 6.54 Å². The molecule has 24 heavy (non-hydrogen) atoms. The van der Waals surface area contributed by atoms with Gasteiger partial charge in [-0.1, -0.05) is 51.1 Å². The first-order valence-electron chi connectivity index (χ1n) is 8.43. The molecular formula is C19H25NO4. The minimum absolute atomic E-state index is 0.173.